The molecule has 1 aliphatic rings. The summed E-state index contributed by atoms with van der Waals surface area (Å²) in [5.74, 6) is -1.25. The highest BCUT2D eigenvalue weighted by Gasteiger charge is 2.63. The molecule has 1 saturated heterocycles. The van der Waals surface area contributed by atoms with Crippen molar-refractivity contribution in [2.75, 3.05) is 6.61 Å². The van der Waals surface area contributed by atoms with E-state index in [1.807, 2.05) is 0 Å². The lowest BCUT2D eigenvalue weighted by Gasteiger charge is -2.31. The third-order valence-corrected chi connectivity index (χ3v) is 3.34. The number of hydrogen-bond acceptors (Lipinski definition) is 2. The second-order valence-corrected chi connectivity index (χ2v) is 5.54. The molecule has 2 rings (SSSR count). The second-order valence-electron chi connectivity index (χ2n) is 4.62. The summed E-state index contributed by atoms with van der Waals surface area (Å²) in [7, 11) is 0. The fraction of sp³-hybridized carbons (Fsp3) is 0.500. The standard InChI is InChI=1S/C12H12BrF3O2/c1-10(2)17-7-11(18-10,12(14,15)16)8-3-5-9(13)6-4-8/h3-6H,7H2,1-2H3. The summed E-state index contributed by atoms with van der Waals surface area (Å²) >= 11 is 3.19. The van der Waals surface area contributed by atoms with Gasteiger partial charge in [0.15, 0.2) is 5.79 Å². The molecule has 1 aromatic carbocycles. The number of hydrogen-bond donors (Lipinski definition) is 0. The molecule has 1 aliphatic heterocycles. The minimum atomic E-state index is -4.53. The van der Waals surface area contributed by atoms with Crippen LogP contribution in [0.25, 0.3) is 0 Å². The maximum absolute atomic E-state index is 13.3. The molecule has 0 amide bonds. The zero-order valence-corrected chi connectivity index (χ0v) is 11.4. The van der Waals surface area contributed by atoms with Crippen LogP contribution >= 0.6 is 15.9 Å². The van der Waals surface area contributed by atoms with E-state index in [0.717, 1.165) is 0 Å². The Morgan fingerprint density at radius 2 is 1.72 bits per heavy atom. The SMILES string of the molecule is CC1(C)OCC(c2ccc(Br)cc2)(C(F)(F)F)O1. The van der Waals surface area contributed by atoms with Crippen molar-refractivity contribution >= 4 is 15.9 Å². The molecule has 0 radical (unpaired) electrons. The van der Waals surface area contributed by atoms with E-state index in [9.17, 15) is 13.2 Å². The van der Waals surface area contributed by atoms with Crippen molar-refractivity contribution in [1.29, 1.82) is 0 Å². The van der Waals surface area contributed by atoms with E-state index in [0.29, 0.717) is 4.47 Å². The number of alkyl halides is 3. The molecule has 0 saturated carbocycles. The predicted molar refractivity (Wildman–Crippen MR) is 63.0 cm³/mol. The average molecular weight is 325 g/mol. The normalized spacial score (nSPS) is 27.4. The highest BCUT2D eigenvalue weighted by molar-refractivity contribution is 9.10. The van der Waals surface area contributed by atoms with Gasteiger partial charge in [0.25, 0.3) is 0 Å². The van der Waals surface area contributed by atoms with Crippen molar-refractivity contribution in [3.05, 3.63) is 34.3 Å². The Labute approximate surface area is 111 Å². The maximum atomic E-state index is 13.3. The largest absolute Gasteiger partial charge is 0.424 e. The summed E-state index contributed by atoms with van der Waals surface area (Å²) in [4.78, 5) is 0. The lowest BCUT2D eigenvalue weighted by Crippen LogP contribution is -2.45. The lowest BCUT2D eigenvalue weighted by atomic mass is 9.94. The van der Waals surface area contributed by atoms with Crippen LogP contribution in [-0.2, 0) is 15.1 Å². The fourth-order valence-electron chi connectivity index (χ4n) is 1.92. The Balaban J connectivity index is 2.48. The molecule has 1 aromatic rings. The summed E-state index contributed by atoms with van der Waals surface area (Å²) in [6.45, 7) is 2.41. The Bertz CT molecular complexity index is 442. The van der Waals surface area contributed by atoms with Gasteiger partial charge < -0.3 is 9.47 Å². The molecular formula is C12H12BrF3O2. The van der Waals surface area contributed by atoms with Crippen LogP contribution in [-0.4, -0.2) is 18.6 Å². The first-order valence-electron chi connectivity index (χ1n) is 5.33. The zero-order chi connectivity index (χ0) is 13.6. The van der Waals surface area contributed by atoms with Gasteiger partial charge >= 0.3 is 6.18 Å². The van der Waals surface area contributed by atoms with Crippen LogP contribution in [0, 0.1) is 0 Å². The van der Waals surface area contributed by atoms with Gasteiger partial charge in [0.1, 0.15) is 0 Å². The van der Waals surface area contributed by atoms with Crippen molar-refractivity contribution in [3.63, 3.8) is 0 Å². The van der Waals surface area contributed by atoms with E-state index in [2.05, 4.69) is 15.9 Å². The molecule has 18 heavy (non-hydrogen) atoms. The Morgan fingerprint density at radius 1 is 1.17 bits per heavy atom. The summed E-state index contributed by atoms with van der Waals surface area (Å²) < 4.78 is 51.0. The van der Waals surface area contributed by atoms with Crippen LogP contribution in [0.5, 0.6) is 0 Å². The van der Waals surface area contributed by atoms with E-state index in [1.54, 1.807) is 12.1 Å². The van der Waals surface area contributed by atoms with E-state index in [-0.39, 0.29) is 5.56 Å². The molecule has 1 heterocycles. The van der Waals surface area contributed by atoms with E-state index in [4.69, 9.17) is 9.47 Å². The average Bonchev–Trinajstić information content (AvgIpc) is 2.56. The molecular weight excluding hydrogens is 313 g/mol. The van der Waals surface area contributed by atoms with E-state index >= 15 is 0 Å². The number of ether oxygens (including phenoxy) is 2. The van der Waals surface area contributed by atoms with Crippen LogP contribution in [0.4, 0.5) is 13.2 Å². The first kappa shape index (κ1) is 13.8. The molecule has 2 nitrogen and oxygen atoms in total. The van der Waals surface area contributed by atoms with Gasteiger partial charge in [0.05, 0.1) is 6.61 Å². The molecule has 6 heteroatoms. The van der Waals surface area contributed by atoms with Gasteiger partial charge in [-0.2, -0.15) is 13.2 Å². The number of halogens is 4. The molecule has 1 fully saturated rings. The fourth-order valence-corrected chi connectivity index (χ4v) is 2.18. The van der Waals surface area contributed by atoms with E-state index in [1.165, 1.54) is 26.0 Å². The highest BCUT2D eigenvalue weighted by atomic mass is 79.9. The Hall–Kier alpha value is -0.590. The molecule has 0 N–H and O–H groups in total. The summed E-state index contributed by atoms with van der Waals surface area (Å²) in [5, 5.41) is 0. The van der Waals surface area contributed by atoms with Gasteiger partial charge in [0.2, 0.25) is 5.60 Å². The monoisotopic (exact) mass is 324 g/mol. The van der Waals surface area contributed by atoms with Crippen LogP contribution in [0.1, 0.15) is 19.4 Å². The minimum Gasteiger partial charge on any atom is -0.347 e. The molecule has 1 atom stereocenters. The Kier molecular flexibility index (Phi) is 3.24. The molecule has 0 aromatic heterocycles. The molecule has 0 spiro atoms. The van der Waals surface area contributed by atoms with Crippen molar-refractivity contribution in [1.82, 2.24) is 0 Å². The minimum absolute atomic E-state index is 0.0452. The van der Waals surface area contributed by atoms with Gasteiger partial charge in [-0.15, -0.1) is 0 Å². The van der Waals surface area contributed by atoms with Crippen molar-refractivity contribution in [2.45, 2.75) is 31.4 Å². The molecule has 100 valence electrons. The van der Waals surface area contributed by atoms with Crippen LogP contribution in [0.3, 0.4) is 0 Å². The van der Waals surface area contributed by atoms with Gasteiger partial charge in [-0.3, -0.25) is 0 Å². The van der Waals surface area contributed by atoms with Gasteiger partial charge in [-0.1, -0.05) is 28.1 Å². The first-order valence-corrected chi connectivity index (χ1v) is 6.12. The third kappa shape index (κ3) is 2.29. The van der Waals surface area contributed by atoms with Crippen molar-refractivity contribution in [2.24, 2.45) is 0 Å². The quantitative estimate of drug-likeness (QED) is 0.777. The number of rotatable bonds is 1. The van der Waals surface area contributed by atoms with Gasteiger partial charge in [-0.25, -0.2) is 0 Å². The lowest BCUT2D eigenvalue weighted by molar-refractivity contribution is -0.289. The Morgan fingerprint density at radius 3 is 2.11 bits per heavy atom. The summed E-state index contributed by atoms with van der Waals surface area (Å²) in [6.07, 6.45) is -4.53. The second kappa shape index (κ2) is 4.21. The van der Waals surface area contributed by atoms with Gasteiger partial charge in [0, 0.05) is 4.47 Å². The van der Waals surface area contributed by atoms with Crippen LogP contribution < -0.4 is 0 Å². The highest BCUT2D eigenvalue weighted by Crippen LogP contribution is 2.49. The molecule has 0 bridgehead atoms. The summed E-state index contributed by atoms with van der Waals surface area (Å²) in [6, 6.07) is 5.89. The van der Waals surface area contributed by atoms with Crippen molar-refractivity contribution < 1.29 is 22.6 Å². The number of benzene rings is 1. The topological polar surface area (TPSA) is 18.5 Å². The third-order valence-electron chi connectivity index (χ3n) is 2.81. The first-order chi connectivity index (χ1) is 8.16. The maximum Gasteiger partial charge on any atom is 0.424 e. The zero-order valence-electron chi connectivity index (χ0n) is 9.84. The van der Waals surface area contributed by atoms with Crippen molar-refractivity contribution in [3.8, 4) is 0 Å². The van der Waals surface area contributed by atoms with E-state index < -0.39 is 24.2 Å². The van der Waals surface area contributed by atoms with Crippen LogP contribution in [0.2, 0.25) is 0 Å². The van der Waals surface area contributed by atoms with Gasteiger partial charge in [-0.05, 0) is 31.5 Å². The summed E-state index contributed by atoms with van der Waals surface area (Å²) in [5.41, 5.74) is -2.35. The predicted octanol–water partition coefficient (Wildman–Crippen LogP) is 3.99. The molecule has 1 unspecified atom stereocenters. The smallest absolute Gasteiger partial charge is 0.347 e. The van der Waals surface area contributed by atoms with Crippen LogP contribution in [0.15, 0.2) is 28.7 Å². The molecule has 0 aliphatic carbocycles.